The van der Waals surface area contributed by atoms with Crippen LogP contribution in [-0.4, -0.2) is 10.1 Å². The molecule has 1 aromatic carbocycles. The van der Waals surface area contributed by atoms with Crippen molar-refractivity contribution < 1.29 is 4.52 Å². The van der Waals surface area contributed by atoms with Crippen LogP contribution in [0, 0.1) is 0 Å². The van der Waals surface area contributed by atoms with Gasteiger partial charge < -0.3 is 4.52 Å². The van der Waals surface area contributed by atoms with Gasteiger partial charge in [0, 0.05) is 16.2 Å². The highest BCUT2D eigenvalue weighted by molar-refractivity contribution is 6.16. The molecule has 2 rings (SSSR count). The molecule has 2 aromatic rings. The van der Waals surface area contributed by atoms with Crippen LogP contribution in [0.3, 0.4) is 0 Å². The maximum Gasteiger partial charge on any atom is 0.241 e. The number of aromatic nitrogens is 2. The van der Waals surface area contributed by atoms with Crippen molar-refractivity contribution >= 4 is 17.3 Å². The van der Waals surface area contributed by atoms with Gasteiger partial charge in [-0.2, -0.15) is 4.98 Å². The fraction of sp³-hybridized carbons (Fsp3) is 0.111. The SMILES string of the molecule is [N-]=[N+]=Nc1cccc(-c2noc(CCl)n2)c1. The molecule has 1 aromatic heterocycles. The van der Waals surface area contributed by atoms with Crippen LogP contribution in [0.4, 0.5) is 5.69 Å². The largest absolute Gasteiger partial charge is 0.338 e. The van der Waals surface area contributed by atoms with Crippen LogP contribution in [-0.2, 0) is 5.88 Å². The maximum atomic E-state index is 8.31. The van der Waals surface area contributed by atoms with Crippen molar-refractivity contribution in [3.63, 3.8) is 0 Å². The van der Waals surface area contributed by atoms with Crippen molar-refractivity contribution in [2.75, 3.05) is 0 Å². The van der Waals surface area contributed by atoms with Gasteiger partial charge in [-0.3, -0.25) is 0 Å². The second kappa shape index (κ2) is 4.65. The van der Waals surface area contributed by atoms with Crippen molar-refractivity contribution in [1.29, 1.82) is 0 Å². The standard InChI is InChI=1S/C9H6ClN5O/c10-5-8-12-9(14-16-8)6-2-1-3-7(4-6)13-15-11/h1-4H,5H2. The lowest BCUT2D eigenvalue weighted by Crippen LogP contribution is -1.80. The summed E-state index contributed by atoms with van der Waals surface area (Å²) >= 11 is 5.55. The molecule has 0 amide bonds. The van der Waals surface area contributed by atoms with Crippen LogP contribution in [0.25, 0.3) is 21.8 Å². The van der Waals surface area contributed by atoms with Gasteiger partial charge >= 0.3 is 0 Å². The van der Waals surface area contributed by atoms with E-state index >= 15 is 0 Å². The van der Waals surface area contributed by atoms with Crippen LogP contribution in [0.5, 0.6) is 0 Å². The molecule has 0 unspecified atom stereocenters. The third-order valence-corrected chi connectivity index (χ3v) is 2.08. The van der Waals surface area contributed by atoms with E-state index in [1.165, 1.54) is 0 Å². The van der Waals surface area contributed by atoms with Gasteiger partial charge in [0.15, 0.2) is 0 Å². The van der Waals surface area contributed by atoms with Crippen molar-refractivity contribution in [1.82, 2.24) is 10.1 Å². The van der Waals surface area contributed by atoms with E-state index in [2.05, 4.69) is 20.2 Å². The summed E-state index contributed by atoms with van der Waals surface area (Å²) in [6.45, 7) is 0. The van der Waals surface area contributed by atoms with E-state index in [1.54, 1.807) is 24.3 Å². The number of halogens is 1. The highest BCUT2D eigenvalue weighted by Gasteiger charge is 2.07. The van der Waals surface area contributed by atoms with E-state index in [1.807, 2.05) is 0 Å². The zero-order valence-electron chi connectivity index (χ0n) is 8.04. The summed E-state index contributed by atoms with van der Waals surface area (Å²) in [7, 11) is 0. The Kier molecular flexibility index (Phi) is 3.05. The molecule has 7 heteroatoms. The fourth-order valence-electron chi connectivity index (χ4n) is 1.19. The van der Waals surface area contributed by atoms with Crippen LogP contribution in [0.15, 0.2) is 33.9 Å². The van der Waals surface area contributed by atoms with Gasteiger partial charge in [-0.05, 0) is 11.6 Å². The van der Waals surface area contributed by atoms with Gasteiger partial charge in [0.25, 0.3) is 0 Å². The maximum absolute atomic E-state index is 8.31. The molecule has 6 nitrogen and oxygen atoms in total. The van der Waals surface area contributed by atoms with E-state index in [0.29, 0.717) is 23.0 Å². The molecule has 0 atom stereocenters. The molecule has 0 saturated carbocycles. The number of hydrogen-bond donors (Lipinski definition) is 0. The van der Waals surface area contributed by atoms with Crippen LogP contribution in [0.2, 0.25) is 0 Å². The van der Waals surface area contributed by atoms with Crippen LogP contribution in [0.1, 0.15) is 5.89 Å². The molecule has 0 fully saturated rings. The molecule has 0 aliphatic heterocycles. The molecule has 80 valence electrons. The van der Waals surface area contributed by atoms with Crippen LogP contribution >= 0.6 is 11.6 Å². The third kappa shape index (κ3) is 2.13. The highest BCUT2D eigenvalue weighted by atomic mass is 35.5. The van der Waals surface area contributed by atoms with E-state index in [4.69, 9.17) is 21.7 Å². The lowest BCUT2D eigenvalue weighted by Gasteiger charge is -1.94. The van der Waals surface area contributed by atoms with Gasteiger partial charge in [-0.25, -0.2) is 0 Å². The summed E-state index contributed by atoms with van der Waals surface area (Å²) in [6, 6.07) is 6.89. The Hall–Kier alpha value is -2.04. The Morgan fingerprint density at radius 3 is 3.06 bits per heavy atom. The average molecular weight is 236 g/mol. The van der Waals surface area contributed by atoms with Crippen molar-refractivity contribution in [2.24, 2.45) is 5.11 Å². The van der Waals surface area contributed by atoms with Gasteiger partial charge in [0.05, 0.1) is 0 Å². The second-order valence-electron chi connectivity index (χ2n) is 2.89. The zero-order valence-corrected chi connectivity index (χ0v) is 8.79. The van der Waals surface area contributed by atoms with Gasteiger partial charge in [0.2, 0.25) is 11.7 Å². The minimum atomic E-state index is 0.170. The first-order valence-corrected chi connectivity index (χ1v) is 4.91. The summed E-state index contributed by atoms with van der Waals surface area (Å²) in [4.78, 5) is 6.76. The highest BCUT2D eigenvalue weighted by Crippen LogP contribution is 2.22. The molecule has 0 aliphatic rings. The molecule has 0 bridgehead atoms. The first-order valence-electron chi connectivity index (χ1n) is 4.37. The van der Waals surface area contributed by atoms with Gasteiger partial charge in [-0.1, -0.05) is 28.5 Å². The number of hydrogen-bond acceptors (Lipinski definition) is 4. The number of rotatable bonds is 3. The first-order chi connectivity index (χ1) is 7.83. The van der Waals surface area contributed by atoms with E-state index in [9.17, 15) is 0 Å². The molecular weight excluding hydrogens is 230 g/mol. The minimum absolute atomic E-state index is 0.170. The zero-order chi connectivity index (χ0) is 11.4. The first kappa shape index (κ1) is 10.5. The number of nitrogens with zero attached hydrogens (tertiary/aromatic N) is 5. The lowest BCUT2D eigenvalue weighted by atomic mass is 10.2. The average Bonchev–Trinajstić information content (AvgIpc) is 2.78. The Bertz CT molecular complexity index is 546. The predicted octanol–water partition coefficient (Wildman–Crippen LogP) is 3.42. The monoisotopic (exact) mass is 235 g/mol. The minimum Gasteiger partial charge on any atom is -0.338 e. The quantitative estimate of drug-likeness (QED) is 0.353. The molecule has 0 aliphatic carbocycles. The Labute approximate surface area is 95.5 Å². The fourth-order valence-corrected chi connectivity index (χ4v) is 1.29. The summed E-state index contributed by atoms with van der Waals surface area (Å²) in [5.74, 6) is 0.944. The smallest absolute Gasteiger partial charge is 0.241 e. The third-order valence-electron chi connectivity index (χ3n) is 1.85. The van der Waals surface area contributed by atoms with E-state index in [-0.39, 0.29) is 5.88 Å². The number of azide groups is 1. The van der Waals surface area contributed by atoms with E-state index < -0.39 is 0 Å². The Morgan fingerprint density at radius 1 is 1.50 bits per heavy atom. The lowest BCUT2D eigenvalue weighted by molar-refractivity contribution is 0.391. The van der Waals surface area contributed by atoms with Crippen molar-refractivity contribution in [2.45, 2.75) is 5.88 Å². The molecule has 0 N–H and O–H groups in total. The summed E-state index contributed by atoms with van der Waals surface area (Å²) < 4.78 is 4.87. The van der Waals surface area contributed by atoms with Crippen molar-refractivity contribution in [3.05, 3.63) is 40.6 Å². The Balaban J connectivity index is 2.39. The number of alkyl halides is 1. The van der Waals surface area contributed by atoms with Crippen LogP contribution < -0.4 is 0 Å². The molecule has 16 heavy (non-hydrogen) atoms. The summed E-state index contributed by atoms with van der Waals surface area (Å²) in [5, 5.41) is 7.24. The van der Waals surface area contributed by atoms with Gasteiger partial charge in [0.1, 0.15) is 5.88 Å². The normalized spacial score (nSPS) is 9.81. The second-order valence-corrected chi connectivity index (χ2v) is 3.15. The molecule has 1 heterocycles. The van der Waals surface area contributed by atoms with E-state index in [0.717, 1.165) is 0 Å². The molecule has 0 saturated heterocycles. The van der Waals surface area contributed by atoms with Gasteiger partial charge in [-0.15, -0.1) is 11.6 Å². The molecule has 0 spiro atoms. The topological polar surface area (TPSA) is 87.7 Å². The van der Waals surface area contributed by atoms with Crippen molar-refractivity contribution in [3.8, 4) is 11.4 Å². The molecule has 0 radical (unpaired) electrons. The molecular formula is C9H6ClN5O. The predicted molar refractivity (Wildman–Crippen MR) is 58.1 cm³/mol. The summed E-state index contributed by atoms with van der Waals surface area (Å²) in [6.07, 6.45) is 0. The summed E-state index contributed by atoms with van der Waals surface area (Å²) in [5.41, 5.74) is 9.52. The number of benzene rings is 1. The Morgan fingerprint density at radius 2 is 2.38 bits per heavy atom.